The highest BCUT2D eigenvalue weighted by molar-refractivity contribution is 7.22. The number of thiazole rings is 1. The number of hydrogen-bond acceptors (Lipinski definition) is 10. The molecule has 6 heterocycles. The maximum absolute atomic E-state index is 16.8. The summed E-state index contributed by atoms with van der Waals surface area (Å²) in [7, 11) is 0. The van der Waals surface area contributed by atoms with E-state index in [1.165, 1.54) is 12.1 Å². The summed E-state index contributed by atoms with van der Waals surface area (Å²) < 4.78 is 58.7. The van der Waals surface area contributed by atoms with Gasteiger partial charge in [-0.05, 0) is 50.4 Å². The van der Waals surface area contributed by atoms with E-state index < -0.39 is 28.9 Å². The quantitative estimate of drug-likeness (QED) is 0.294. The van der Waals surface area contributed by atoms with Crippen LogP contribution in [0, 0.1) is 11.6 Å². The van der Waals surface area contributed by atoms with Crippen LogP contribution in [0.15, 0.2) is 18.2 Å². The van der Waals surface area contributed by atoms with Crippen LogP contribution in [0.3, 0.4) is 0 Å². The van der Waals surface area contributed by atoms with Crippen LogP contribution < -0.4 is 20.7 Å². The van der Waals surface area contributed by atoms with E-state index in [9.17, 15) is 8.78 Å². The van der Waals surface area contributed by atoms with Crippen LogP contribution in [0.5, 0.6) is 6.01 Å². The van der Waals surface area contributed by atoms with Crippen LogP contribution in [0.4, 0.5) is 24.1 Å². The Hall–Kier alpha value is -2.97. The highest BCUT2D eigenvalue weighted by atomic mass is 35.5. The fraction of sp³-hybridized carbons (Fsp3) is 0.516. The molecule has 2 aromatic heterocycles. The van der Waals surface area contributed by atoms with Gasteiger partial charge in [-0.3, -0.25) is 4.90 Å². The van der Waals surface area contributed by atoms with Gasteiger partial charge in [0.2, 0.25) is 0 Å². The number of rotatable bonds is 5. The standard InChI is InChI=1S/C31H33ClF3N7O2S/c32-20-11-19-24(23(35)22(20)18-3-4-21(34)26-25(18)38-28(36)45-26)39-29(43-16-30-5-1-9-42(30)13-17(33)12-30)40-27(19)41-8-2-6-31(15-41)14-37-7-10-44-31/h3-4,11,17,37H,1-2,5-10,12-16H2,(H2,36,38)/t17-,30+,31?/m1/s1. The molecule has 0 saturated carbocycles. The Balaban J connectivity index is 1.26. The lowest BCUT2D eigenvalue weighted by Gasteiger charge is -2.45. The molecule has 3 atom stereocenters. The fourth-order valence-electron chi connectivity index (χ4n) is 7.80. The first kappa shape index (κ1) is 29.4. The fourth-order valence-corrected chi connectivity index (χ4v) is 8.86. The van der Waals surface area contributed by atoms with Gasteiger partial charge in [-0.15, -0.1) is 0 Å². The Bertz CT molecular complexity index is 1800. The molecule has 9 nitrogen and oxygen atoms in total. The first-order valence-corrected chi connectivity index (χ1v) is 16.6. The zero-order valence-electron chi connectivity index (χ0n) is 24.6. The molecule has 4 aliphatic heterocycles. The zero-order valence-corrected chi connectivity index (χ0v) is 26.1. The lowest BCUT2D eigenvalue weighted by Crippen LogP contribution is -2.59. The summed E-state index contributed by atoms with van der Waals surface area (Å²) in [5.41, 5.74) is 5.69. The Morgan fingerprint density at radius 3 is 2.87 bits per heavy atom. The van der Waals surface area contributed by atoms with Gasteiger partial charge in [0, 0.05) is 55.7 Å². The number of hydrogen-bond donors (Lipinski definition) is 2. The number of halogens is 4. The van der Waals surface area contributed by atoms with E-state index in [4.69, 9.17) is 31.8 Å². The van der Waals surface area contributed by atoms with Gasteiger partial charge in [0.05, 0.1) is 33.0 Å². The van der Waals surface area contributed by atoms with Gasteiger partial charge in [-0.25, -0.2) is 18.2 Å². The minimum Gasteiger partial charge on any atom is -0.461 e. The van der Waals surface area contributed by atoms with Crippen molar-refractivity contribution < 1.29 is 22.6 Å². The molecule has 4 aliphatic rings. The summed E-state index contributed by atoms with van der Waals surface area (Å²) in [6, 6.07) is 4.38. The number of ether oxygens (including phenoxy) is 2. The number of benzene rings is 2. The summed E-state index contributed by atoms with van der Waals surface area (Å²) in [6.07, 6.45) is 3.00. The van der Waals surface area contributed by atoms with Gasteiger partial charge in [-0.1, -0.05) is 22.9 Å². The van der Waals surface area contributed by atoms with E-state index >= 15 is 4.39 Å². The summed E-state index contributed by atoms with van der Waals surface area (Å²) in [4.78, 5) is 18.0. The normalized spacial score (nSPS) is 27.2. The maximum atomic E-state index is 16.8. The highest BCUT2D eigenvalue weighted by Crippen LogP contribution is 2.44. The Labute approximate surface area is 266 Å². The third-order valence-electron chi connectivity index (χ3n) is 9.83. The highest BCUT2D eigenvalue weighted by Gasteiger charge is 2.49. The second-order valence-electron chi connectivity index (χ2n) is 12.7. The first-order valence-electron chi connectivity index (χ1n) is 15.4. The lowest BCUT2D eigenvalue weighted by atomic mass is 9.91. The van der Waals surface area contributed by atoms with Crippen molar-refractivity contribution in [3.63, 3.8) is 0 Å². The van der Waals surface area contributed by atoms with Crippen LogP contribution >= 0.6 is 22.9 Å². The maximum Gasteiger partial charge on any atom is 0.319 e. The minimum absolute atomic E-state index is 0.0117. The molecule has 2 aromatic carbocycles. The summed E-state index contributed by atoms with van der Waals surface area (Å²) >= 11 is 7.82. The van der Waals surface area contributed by atoms with E-state index in [-0.39, 0.29) is 44.1 Å². The topological polar surface area (TPSA) is 102 Å². The number of nitrogen functional groups attached to an aromatic ring is 1. The van der Waals surface area contributed by atoms with Gasteiger partial charge < -0.3 is 25.4 Å². The minimum atomic E-state index is -0.912. The van der Waals surface area contributed by atoms with E-state index in [2.05, 4.69) is 25.1 Å². The van der Waals surface area contributed by atoms with Gasteiger partial charge in [-0.2, -0.15) is 9.97 Å². The van der Waals surface area contributed by atoms with Crippen LogP contribution in [0.1, 0.15) is 32.1 Å². The van der Waals surface area contributed by atoms with Crippen molar-refractivity contribution in [3.05, 3.63) is 34.9 Å². The average molecular weight is 660 g/mol. The number of anilines is 2. The van der Waals surface area contributed by atoms with Crippen LogP contribution in [-0.4, -0.2) is 89.6 Å². The number of alkyl halides is 1. The summed E-state index contributed by atoms with van der Waals surface area (Å²) in [6.45, 7) is 4.74. The van der Waals surface area contributed by atoms with Crippen molar-refractivity contribution >= 4 is 55.0 Å². The van der Waals surface area contributed by atoms with Crippen molar-refractivity contribution in [2.45, 2.75) is 49.4 Å². The van der Waals surface area contributed by atoms with Crippen LogP contribution in [-0.2, 0) is 4.74 Å². The molecule has 4 fully saturated rings. The average Bonchev–Trinajstić information content (AvgIpc) is 3.69. The Morgan fingerprint density at radius 2 is 2.02 bits per heavy atom. The van der Waals surface area contributed by atoms with Gasteiger partial charge in [0.15, 0.2) is 10.9 Å². The number of aromatic nitrogens is 3. The monoisotopic (exact) mass is 659 g/mol. The molecule has 0 aliphatic carbocycles. The third kappa shape index (κ3) is 4.98. The first-order chi connectivity index (χ1) is 21.7. The molecule has 0 bridgehead atoms. The largest absolute Gasteiger partial charge is 0.461 e. The molecule has 0 radical (unpaired) electrons. The lowest BCUT2D eigenvalue weighted by molar-refractivity contribution is -0.0726. The number of morpholine rings is 1. The van der Waals surface area contributed by atoms with Crippen LogP contribution in [0.25, 0.3) is 32.2 Å². The zero-order chi connectivity index (χ0) is 30.9. The molecule has 45 heavy (non-hydrogen) atoms. The molecular weight excluding hydrogens is 627 g/mol. The number of nitrogens with one attached hydrogen (secondary N) is 1. The number of nitrogens with two attached hydrogens (primary N) is 1. The number of piperidine rings is 1. The van der Waals surface area contributed by atoms with Crippen molar-refractivity contribution in [3.8, 4) is 17.1 Å². The molecule has 0 amide bonds. The molecule has 4 aromatic rings. The SMILES string of the molecule is Nc1nc2c(-c3c(Cl)cc4c(N5CCCC6(CNCCO6)C5)nc(OC[C@@]56CCCN5C[C@H](F)C6)nc4c3F)ccc(F)c2s1. The van der Waals surface area contributed by atoms with E-state index in [0.717, 1.165) is 50.1 Å². The Kier molecular flexibility index (Phi) is 7.25. The van der Waals surface area contributed by atoms with Gasteiger partial charge in [0.1, 0.15) is 29.9 Å². The van der Waals surface area contributed by atoms with Gasteiger partial charge in [0.25, 0.3) is 0 Å². The molecular formula is C31H33ClF3N7O2S. The third-order valence-corrected chi connectivity index (χ3v) is 11.0. The summed E-state index contributed by atoms with van der Waals surface area (Å²) in [5, 5.41) is 4.14. The van der Waals surface area contributed by atoms with E-state index in [1.807, 2.05) is 0 Å². The number of nitrogens with zero attached hydrogens (tertiary/aromatic N) is 5. The van der Waals surface area contributed by atoms with Crippen molar-refractivity contribution in [2.75, 3.05) is 63.1 Å². The van der Waals surface area contributed by atoms with Crippen molar-refractivity contribution in [2.24, 2.45) is 0 Å². The smallest absolute Gasteiger partial charge is 0.319 e. The van der Waals surface area contributed by atoms with E-state index in [0.29, 0.717) is 56.0 Å². The Morgan fingerprint density at radius 1 is 1.16 bits per heavy atom. The van der Waals surface area contributed by atoms with Gasteiger partial charge >= 0.3 is 6.01 Å². The van der Waals surface area contributed by atoms with Crippen molar-refractivity contribution in [1.82, 2.24) is 25.2 Å². The molecule has 1 unspecified atom stereocenters. The number of fused-ring (bicyclic) bond motifs is 3. The summed E-state index contributed by atoms with van der Waals surface area (Å²) in [5.74, 6) is -0.701. The van der Waals surface area contributed by atoms with Crippen molar-refractivity contribution in [1.29, 1.82) is 0 Å². The molecule has 3 N–H and O–H groups in total. The second-order valence-corrected chi connectivity index (χ2v) is 14.1. The van der Waals surface area contributed by atoms with E-state index in [1.54, 1.807) is 6.07 Å². The molecule has 8 rings (SSSR count). The van der Waals surface area contributed by atoms with Crippen LogP contribution in [0.2, 0.25) is 5.02 Å². The predicted octanol–water partition coefficient (Wildman–Crippen LogP) is 5.33. The molecule has 1 spiro atoms. The predicted molar refractivity (Wildman–Crippen MR) is 169 cm³/mol. The molecule has 238 valence electrons. The second kappa shape index (κ2) is 11.1. The molecule has 4 saturated heterocycles. The molecule has 14 heteroatoms.